The predicted molar refractivity (Wildman–Crippen MR) is 128 cm³/mol. The maximum atomic E-state index is 12.3. The van der Waals surface area contributed by atoms with E-state index in [9.17, 15) is 10.1 Å². The molecule has 3 rings (SSSR count). The molecule has 7 heteroatoms. The van der Waals surface area contributed by atoms with Gasteiger partial charge in [-0.05, 0) is 29.9 Å². The average Bonchev–Trinajstić information content (AvgIpc) is 2.80. The zero-order chi connectivity index (χ0) is 21.9. The first-order valence-corrected chi connectivity index (χ1v) is 11.3. The molecule has 1 aromatic heterocycles. The monoisotopic (exact) mass is 431 g/mol. The van der Waals surface area contributed by atoms with Gasteiger partial charge in [0.2, 0.25) is 5.95 Å². The van der Waals surface area contributed by atoms with Crippen LogP contribution in [0.5, 0.6) is 0 Å². The minimum atomic E-state index is -0.505. The van der Waals surface area contributed by atoms with Crippen molar-refractivity contribution in [3.05, 3.63) is 76.1 Å². The number of hydrogen-bond acceptors (Lipinski definition) is 6. The Bertz CT molecular complexity index is 1100. The number of aromatic amines is 1. The molecule has 0 atom stereocenters. The normalized spacial score (nSPS) is 10.8. The van der Waals surface area contributed by atoms with Crippen molar-refractivity contribution in [2.75, 3.05) is 11.2 Å². The first-order valence-electron chi connectivity index (χ1n) is 10.3. The van der Waals surface area contributed by atoms with Crippen LogP contribution in [0.2, 0.25) is 0 Å². The number of anilines is 1. The molecule has 3 aromatic rings. The summed E-state index contributed by atoms with van der Waals surface area (Å²) in [4.78, 5) is 20.4. The number of H-pyrrole nitrogens is 1. The predicted octanol–water partition coefficient (Wildman–Crippen LogP) is 5.43. The van der Waals surface area contributed by atoms with Gasteiger partial charge in [0.15, 0.2) is 0 Å². The van der Waals surface area contributed by atoms with Crippen LogP contribution in [0.1, 0.15) is 43.7 Å². The van der Waals surface area contributed by atoms with Crippen molar-refractivity contribution in [1.29, 1.82) is 5.26 Å². The van der Waals surface area contributed by atoms with Gasteiger partial charge in [-0.15, -0.1) is 11.8 Å². The summed E-state index contributed by atoms with van der Waals surface area (Å²) >= 11 is 1.87. The number of rotatable bonds is 10. The number of hydrogen-bond donors (Lipinski definition) is 2. The number of nitrogens with zero attached hydrogens (tertiary/aromatic N) is 3. The molecule has 0 aliphatic heterocycles. The van der Waals surface area contributed by atoms with E-state index in [1.165, 1.54) is 30.6 Å². The highest BCUT2D eigenvalue weighted by Crippen LogP contribution is 2.21. The highest BCUT2D eigenvalue weighted by Gasteiger charge is 2.12. The zero-order valence-corrected chi connectivity index (χ0v) is 18.3. The van der Waals surface area contributed by atoms with Crippen LogP contribution in [-0.2, 0) is 0 Å². The summed E-state index contributed by atoms with van der Waals surface area (Å²) in [7, 11) is 0. The highest BCUT2D eigenvalue weighted by atomic mass is 32.2. The van der Waals surface area contributed by atoms with Crippen molar-refractivity contribution in [3.8, 4) is 17.3 Å². The molecule has 0 unspecified atom stereocenters. The minimum absolute atomic E-state index is 0.0245. The van der Waals surface area contributed by atoms with Crippen molar-refractivity contribution < 1.29 is 0 Å². The maximum Gasteiger partial charge on any atom is 0.270 e. The molecule has 0 radical (unpaired) electrons. The highest BCUT2D eigenvalue weighted by molar-refractivity contribution is 7.99. The van der Waals surface area contributed by atoms with Crippen molar-refractivity contribution in [3.63, 3.8) is 0 Å². The summed E-state index contributed by atoms with van der Waals surface area (Å²) in [6, 6.07) is 19.2. The molecule has 1 heterocycles. The van der Waals surface area contributed by atoms with Gasteiger partial charge in [-0.3, -0.25) is 9.78 Å². The molecule has 0 fully saturated rings. The van der Waals surface area contributed by atoms with Gasteiger partial charge in [0.25, 0.3) is 5.56 Å². The van der Waals surface area contributed by atoms with Gasteiger partial charge < -0.3 is 0 Å². The van der Waals surface area contributed by atoms with Gasteiger partial charge in [0.1, 0.15) is 11.6 Å². The van der Waals surface area contributed by atoms with Gasteiger partial charge in [-0.2, -0.15) is 10.4 Å². The summed E-state index contributed by atoms with van der Waals surface area (Å²) < 4.78 is 0. The smallest absolute Gasteiger partial charge is 0.270 e. The molecular formula is C24H25N5OS. The molecule has 0 aliphatic carbocycles. The van der Waals surface area contributed by atoms with E-state index < -0.39 is 5.56 Å². The minimum Gasteiger partial charge on any atom is -0.290 e. The lowest BCUT2D eigenvalue weighted by atomic mass is 10.1. The molecule has 2 aromatic carbocycles. The number of nitrogens with one attached hydrogen (secondary N) is 2. The molecule has 6 nitrogen and oxygen atoms in total. The van der Waals surface area contributed by atoms with E-state index in [-0.39, 0.29) is 11.5 Å². The molecule has 31 heavy (non-hydrogen) atoms. The summed E-state index contributed by atoms with van der Waals surface area (Å²) in [6.45, 7) is 2.22. The van der Waals surface area contributed by atoms with E-state index in [0.29, 0.717) is 11.3 Å². The molecule has 0 aliphatic rings. The molecular weight excluding hydrogens is 406 g/mol. The van der Waals surface area contributed by atoms with E-state index in [2.05, 4.69) is 39.6 Å². The lowest BCUT2D eigenvalue weighted by Gasteiger charge is -2.06. The van der Waals surface area contributed by atoms with E-state index in [1.54, 1.807) is 18.3 Å². The summed E-state index contributed by atoms with van der Waals surface area (Å²) in [5.74, 6) is 1.31. The standard InChI is InChI=1S/C24H25N5OS/c1-2-3-4-8-15-31-20-13-11-18(12-14-20)17-26-29-24-27-22(19-9-6-5-7-10-19)21(16-25)23(30)28-24/h5-7,9-14,17H,2-4,8,15H2,1H3,(H2,27,28,29,30). The Morgan fingerprint density at radius 1 is 1.13 bits per heavy atom. The van der Waals surface area contributed by atoms with Gasteiger partial charge in [0, 0.05) is 10.5 Å². The zero-order valence-electron chi connectivity index (χ0n) is 17.5. The molecule has 158 valence electrons. The summed E-state index contributed by atoms with van der Waals surface area (Å²) in [6.07, 6.45) is 6.75. The summed E-state index contributed by atoms with van der Waals surface area (Å²) in [5.41, 5.74) is 4.17. The van der Waals surface area contributed by atoms with Gasteiger partial charge >= 0.3 is 0 Å². The fourth-order valence-corrected chi connectivity index (χ4v) is 3.88. The van der Waals surface area contributed by atoms with Crippen LogP contribution in [0.15, 0.2) is 69.4 Å². The second-order valence-electron chi connectivity index (χ2n) is 6.96. The topological polar surface area (TPSA) is 93.9 Å². The average molecular weight is 432 g/mol. The van der Waals surface area contributed by atoms with Crippen LogP contribution < -0.4 is 11.0 Å². The molecule has 0 amide bonds. The third-order valence-electron chi connectivity index (χ3n) is 4.61. The van der Waals surface area contributed by atoms with Crippen LogP contribution in [0.4, 0.5) is 5.95 Å². The van der Waals surface area contributed by atoms with E-state index in [1.807, 2.05) is 48.2 Å². The van der Waals surface area contributed by atoms with E-state index in [0.717, 1.165) is 11.3 Å². The van der Waals surface area contributed by atoms with Crippen LogP contribution in [0, 0.1) is 11.3 Å². The Morgan fingerprint density at radius 3 is 2.61 bits per heavy atom. The molecule has 0 spiro atoms. The Kier molecular flexibility index (Phi) is 8.44. The number of unbranched alkanes of at least 4 members (excludes halogenated alkanes) is 3. The Morgan fingerprint density at radius 2 is 1.90 bits per heavy atom. The first kappa shape index (κ1) is 22.3. The second kappa shape index (κ2) is 11.7. The Balaban J connectivity index is 1.64. The lowest BCUT2D eigenvalue weighted by Crippen LogP contribution is -2.16. The van der Waals surface area contributed by atoms with Crippen LogP contribution in [0.25, 0.3) is 11.3 Å². The fraction of sp³-hybridized carbons (Fsp3) is 0.250. The van der Waals surface area contributed by atoms with E-state index >= 15 is 0 Å². The van der Waals surface area contributed by atoms with Gasteiger partial charge in [-0.25, -0.2) is 10.4 Å². The SMILES string of the molecule is CCCCCCSc1ccc(C=NNc2nc(-c3ccccc3)c(C#N)c(=O)[nH]2)cc1. The number of hydrazone groups is 1. The molecule has 0 saturated heterocycles. The fourth-order valence-electron chi connectivity index (χ4n) is 2.97. The summed E-state index contributed by atoms with van der Waals surface area (Å²) in [5, 5.41) is 13.5. The Hall–Kier alpha value is -3.37. The lowest BCUT2D eigenvalue weighted by molar-refractivity contribution is 0.706. The quantitative estimate of drug-likeness (QED) is 0.193. The maximum absolute atomic E-state index is 12.3. The number of aromatic nitrogens is 2. The number of nitriles is 1. The molecule has 2 N–H and O–H groups in total. The van der Waals surface area contributed by atoms with Gasteiger partial charge in [0.05, 0.1) is 11.9 Å². The third kappa shape index (κ3) is 6.56. The van der Waals surface area contributed by atoms with Crippen molar-refractivity contribution in [1.82, 2.24) is 9.97 Å². The van der Waals surface area contributed by atoms with Crippen LogP contribution in [0.3, 0.4) is 0 Å². The van der Waals surface area contributed by atoms with Crippen LogP contribution >= 0.6 is 11.8 Å². The van der Waals surface area contributed by atoms with Crippen molar-refractivity contribution >= 4 is 23.9 Å². The van der Waals surface area contributed by atoms with E-state index in [4.69, 9.17) is 0 Å². The number of thioether (sulfide) groups is 1. The molecule has 0 bridgehead atoms. The number of benzene rings is 2. The van der Waals surface area contributed by atoms with Crippen molar-refractivity contribution in [2.24, 2.45) is 5.10 Å². The second-order valence-corrected chi connectivity index (χ2v) is 8.13. The van der Waals surface area contributed by atoms with Gasteiger partial charge in [-0.1, -0.05) is 68.7 Å². The first-order chi connectivity index (χ1) is 15.2. The molecule has 0 saturated carbocycles. The van der Waals surface area contributed by atoms with Crippen LogP contribution in [-0.4, -0.2) is 21.9 Å². The third-order valence-corrected chi connectivity index (χ3v) is 5.71. The largest absolute Gasteiger partial charge is 0.290 e. The Labute approximate surface area is 186 Å². The van der Waals surface area contributed by atoms with Crippen molar-refractivity contribution in [2.45, 2.75) is 37.5 Å².